The fourth-order valence-corrected chi connectivity index (χ4v) is 2.53. The van der Waals surface area contributed by atoms with Crippen LogP contribution in [0.5, 0.6) is 0 Å². The van der Waals surface area contributed by atoms with Crippen molar-refractivity contribution in [1.29, 1.82) is 0 Å². The van der Waals surface area contributed by atoms with Crippen LogP contribution in [-0.2, 0) is 14.4 Å². The summed E-state index contributed by atoms with van der Waals surface area (Å²) in [6, 6.07) is -1.25. The molecule has 2 unspecified atom stereocenters. The molecule has 1 heterocycles. The molecule has 0 aromatic rings. The van der Waals surface area contributed by atoms with Crippen LogP contribution in [0.4, 0.5) is 0 Å². The number of hydrogen-bond donors (Lipinski definition) is 11. The molecule has 30 heavy (non-hydrogen) atoms. The number of nitrogens with two attached hydrogens (primary N) is 2. The Hall–Kier alpha value is -1.91. The van der Waals surface area contributed by atoms with Gasteiger partial charge in [-0.2, -0.15) is 0 Å². The molecular weight excluding hydrogens is 410 g/mol. The van der Waals surface area contributed by atoms with Crippen molar-refractivity contribution in [3.05, 3.63) is 0 Å². The lowest BCUT2D eigenvalue weighted by atomic mass is 9.85. The average molecular weight is 441 g/mol. The van der Waals surface area contributed by atoms with Gasteiger partial charge < -0.3 is 57.6 Å². The highest BCUT2D eigenvalue weighted by molar-refractivity contribution is 5.77. The number of aliphatic hydroxyl groups excluding tert-OH is 6. The van der Waals surface area contributed by atoms with Crippen LogP contribution >= 0.6 is 0 Å². The van der Waals surface area contributed by atoms with Gasteiger partial charge in [0.15, 0.2) is 0 Å². The van der Waals surface area contributed by atoms with Gasteiger partial charge in [-0.1, -0.05) is 0 Å². The van der Waals surface area contributed by atoms with Crippen LogP contribution < -0.4 is 16.8 Å². The van der Waals surface area contributed by atoms with E-state index in [4.69, 9.17) is 52.3 Å². The highest BCUT2D eigenvalue weighted by atomic mass is 16.4. The zero-order valence-electron chi connectivity index (χ0n) is 16.1. The Kier molecular flexibility index (Phi) is 12.6. The second-order valence-corrected chi connectivity index (χ2v) is 6.88. The Labute approximate surface area is 171 Å². The molecule has 0 spiro atoms. The second kappa shape index (κ2) is 13.4. The monoisotopic (exact) mass is 441 g/mol. The third kappa shape index (κ3) is 9.27. The molecule has 14 nitrogen and oxygen atoms in total. The molecule has 1 amide bonds. The van der Waals surface area contributed by atoms with Gasteiger partial charge in [0.25, 0.3) is 0 Å². The highest BCUT2D eigenvalue weighted by Crippen LogP contribution is 2.20. The Morgan fingerprint density at radius 3 is 1.47 bits per heavy atom. The molecule has 2 atom stereocenters. The minimum atomic E-state index is -1.64. The molecule has 1 saturated heterocycles. The van der Waals surface area contributed by atoms with Crippen molar-refractivity contribution in [2.45, 2.75) is 74.4 Å². The van der Waals surface area contributed by atoms with Crippen molar-refractivity contribution in [2.75, 3.05) is 6.54 Å². The zero-order chi connectivity index (χ0) is 23.6. The van der Waals surface area contributed by atoms with Crippen molar-refractivity contribution in [3.8, 4) is 0 Å². The second-order valence-electron chi connectivity index (χ2n) is 6.88. The van der Waals surface area contributed by atoms with E-state index in [1.165, 1.54) is 0 Å². The number of aliphatic carboxylic acids is 2. The lowest BCUT2D eigenvalue weighted by Crippen LogP contribution is -2.63. The summed E-state index contributed by atoms with van der Waals surface area (Å²) in [4.78, 5) is 30.3. The molecule has 1 aliphatic carbocycles. The first kappa shape index (κ1) is 28.1. The lowest BCUT2D eigenvalue weighted by Gasteiger charge is -2.39. The third-order valence-electron chi connectivity index (χ3n) is 4.48. The summed E-state index contributed by atoms with van der Waals surface area (Å²) in [7, 11) is 0. The molecular formula is C16H31N3O11. The normalized spacial score (nSPS) is 33.9. The number of carboxylic acids is 2. The van der Waals surface area contributed by atoms with Crippen molar-refractivity contribution >= 4 is 17.8 Å². The summed E-state index contributed by atoms with van der Waals surface area (Å²) in [5.41, 5.74) is 9.81. The number of amides is 1. The van der Waals surface area contributed by atoms with Crippen molar-refractivity contribution in [2.24, 2.45) is 11.5 Å². The van der Waals surface area contributed by atoms with E-state index in [0.29, 0.717) is 0 Å². The number of hydrogen-bond acceptors (Lipinski definition) is 11. The first-order chi connectivity index (χ1) is 13.8. The molecule has 0 bridgehead atoms. The van der Waals surface area contributed by atoms with Crippen LogP contribution in [-0.4, -0.2) is 114 Å². The predicted molar refractivity (Wildman–Crippen MR) is 98.7 cm³/mol. The lowest BCUT2D eigenvalue weighted by molar-refractivity contribution is -0.223. The zero-order valence-corrected chi connectivity index (χ0v) is 16.1. The Morgan fingerprint density at radius 1 is 0.867 bits per heavy atom. The minimum Gasteiger partial charge on any atom is -0.480 e. The summed E-state index contributed by atoms with van der Waals surface area (Å²) in [6.07, 6.45) is -7.94. The molecule has 0 aromatic heterocycles. The molecule has 176 valence electrons. The van der Waals surface area contributed by atoms with Crippen LogP contribution in [0, 0.1) is 0 Å². The molecule has 2 aliphatic rings. The van der Waals surface area contributed by atoms with Gasteiger partial charge in [-0.25, -0.2) is 0 Å². The molecule has 0 radical (unpaired) electrons. The minimum absolute atomic E-state index is 0.0213. The first-order valence-corrected chi connectivity index (χ1v) is 9.12. The third-order valence-corrected chi connectivity index (χ3v) is 4.48. The maximum absolute atomic E-state index is 10.1. The Bertz CT molecular complexity index is 500. The Balaban J connectivity index is 0.000000429. The largest absolute Gasteiger partial charge is 0.480 e. The number of nitrogens with one attached hydrogen (secondary N) is 1. The molecule has 13 N–H and O–H groups in total. The van der Waals surface area contributed by atoms with E-state index >= 15 is 0 Å². The molecule has 14 heteroatoms. The van der Waals surface area contributed by atoms with Crippen molar-refractivity contribution < 1.29 is 55.2 Å². The summed E-state index contributed by atoms with van der Waals surface area (Å²) in [6.45, 7) is 0.858. The van der Waals surface area contributed by atoms with E-state index in [-0.39, 0.29) is 18.9 Å². The fourth-order valence-electron chi connectivity index (χ4n) is 2.53. The number of carbonyl (C=O) groups is 3. The maximum atomic E-state index is 10.1. The van der Waals surface area contributed by atoms with Gasteiger partial charge in [0, 0.05) is 6.42 Å². The van der Waals surface area contributed by atoms with Gasteiger partial charge in [0.2, 0.25) is 5.91 Å². The van der Waals surface area contributed by atoms with Crippen LogP contribution in [0.3, 0.4) is 0 Å². The number of aliphatic hydroxyl groups is 6. The van der Waals surface area contributed by atoms with Gasteiger partial charge in [-0.15, -0.1) is 0 Å². The van der Waals surface area contributed by atoms with Crippen molar-refractivity contribution in [3.63, 3.8) is 0 Å². The van der Waals surface area contributed by atoms with Gasteiger partial charge in [0.1, 0.15) is 48.7 Å². The number of primary amides is 1. The standard InChI is InChI=1S/C6H12O6.C5H10N2O3.C5H9NO2/c7-1-2(8)4(10)6(12)5(11)3(1)9;6-3(5(9)10)1-2-4(7)8;7-5(8)4-2-1-3-6-4/h1-12H;3H,1-2,6H2,(H2,7,8)(H,9,10);4,6H,1-3H2,(H,7,8)/t1-,2-,3-,4+,5-,6-;;. The van der Waals surface area contributed by atoms with Crippen LogP contribution in [0.2, 0.25) is 0 Å². The quantitative estimate of drug-likeness (QED) is 0.190. The maximum Gasteiger partial charge on any atom is 0.320 e. The average Bonchev–Trinajstić information content (AvgIpc) is 3.23. The fraction of sp³-hybridized carbons (Fsp3) is 0.812. The number of rotatable bonds is 5. The van der Waals surface area contributed by atoms with Gasteiger partial charge in [-0.3, -0.25) is 14.4 Å². The van der Waals surface area contributed by atoms with Crippen LogP contribution in [0.25, 0.3) is 0 Å². The molecule has 2 rings (SSSR count). The Morgan fingerprint density at radius 2 is 1.27 bits per heavy atom. The van der Waals surface area contributed by atoms with Crippen LogP contribution in [0.15, 0.2) is 0 Å². The smallest absolute Gasteiger partial charge is 0.320 e. The van der Waals surface area contributed by atoms with E-state index in [2.05, 4.69) is 5.32 Å². The van der Waals surface area contributed by atoms with Crippen molar-refractivity contribution in [1.82, 2.24) is 5.32 Å². The highest BCUT2D eigenvalue weighted by Gasteiger charge is 2.47. The van der Waals surface area contributed by atoms with Gasteiger partial charge >= 0.3 is 11.9 Å². The van der Waals surface area contributed by atoms with E-state index in [1.54, 1.807) is 0 Å². The number of carboxylic acid groups (broad SMARTS) is 2. The number of carbonyl (C=O) groups excluding carboxylic acids is 1. The topological polar surface area (TPSA) is 277 Å². The summed E-state index contributed by atoms with van der Waals surface area (Å²) in [5.74, 6) is -2.36. The molecule has 2 fully saturated rings. The van der Waals surface area contributed by atoms with E-state index in [9.17, 15) is 14.4 Å². The van der Waals surface area contributed by atoms with E-state index < -0.39 is 60.5 Å². The van der Waals surface area contributed by atoms with Gasteiger partial charge in [0.05, 0.1) is 0 Å². The van der Waals surface area contributed by atoms with Gasteiger partial charge in [-0.05, 0) is 25.8 Å². The predicted octanol–water partition coefficient (Wildman–Crippen LogP) is -5.35. The SMILES string of the molecule is NC(=O)CCC(N)C(=O)O.O=C(O)C1CCCN1.O[C@H]1[C@H](O)[C@@H](O)[C@H](O)[C@@H](O)[C@H]1O. The van der Waals surface area contributed by atoms with E-state index in [0.717, 1.165) is 19.4 Å². The first-order valence-electron chi connectivity index (χ1n) is 9.12. The van der Waals surface area contributed by atoms with Crippen LogP contribution in [0.1, 0.15) is 25.7 Å². The molecule has 1 saturated carbocycles. The summed E-state index contributed by atoms with van der Waals surface area (Å²) < 4.78 is 0. The molecule has 1 aliphatic heterocycles. The summed E-state index contributed by atoms with van der Waals surface area (Å²) >= 11 is 0. The molecule has 0 aromatic carbocycles. The summed E-state index contributed by atoms with van der Waals surface area (Å²) in [5, 5.41) is 73.3. The van der Waals surface area contributed by atoms with E-state index in [1.807, 2.05) is 0 Å².